The molecule has 0 saturated heterocycles. The average Bonchev–Trinajstić information content (AvgIpc) is 1.85. The van der Waals surface area contributed by atoms with E-state index in [-0.39, 0.29) is 0 Å². The Morgan fingerprint density at radius 2 is 2.33 bits per heavy atom. The summed E-state index contributed by atoms with van der Waals surface area (Å²) < 4.78 is 0. The number of rotatable bonds is 4. The molecule has 0 aromatic rings. The van der Waals surface area contributed by atoms with Crippen molar-refractivity contribution >= 4 is 5.71 Å². The highest BCUT2D eigenvalue weighted by atomic mass is 16.5. The molecule has 54 valence electrons. The Balaban J connectivity index is 3.25. The van der Waals surface area contributed by atoms with Crippen LogP contribution in [0.4, 0.5) is 0 Å². The molecule has 0 aromatic carbocycles. The van der Waals surface area contributed by atoms with Crippen molar-refractivity contribution in [2.75, 3.05) is 0 Å². The molecular weight excluding hydrogens is 116 g/mol. The van der Waals surface area contributed by atoms with Gasteiger partial charge in [-0.2, -0.15) is 10.7 Å². The maximum atomic E-state index is 8.10. The molecule has 0 spiro atoms. The second-order valence-corrected chi connectivity index (χ2v) is 2.05. The number of hydrazone groups is 1. The molecular formula is C6H14N2O. The van der Waals surface area contributed by atoms with Gasteiger partial charge in [-0.15, -0.1) is 0 Å². The fourth-order valence-electron chi connectivity index (χ4n) is 0.574. The summed E-state index contributed by atoms with van der Waals surface area (Å²) in [6, 6.07) is 0. The largest absolute Gasteiger partial charge is 0.274 e. The third-order valence-corrected chi connectivity index (χ3v) is 1.13. The minimum atomic E-state index is 0.944. The van der Waals surface area contributed by atoms with Crippen LogP contribution in [-0.2, 0) is 0 Å². The topological polar surface area (TPSA) is 44.6 Å². The zero-order valence-corrected chi connectivity index (χ0v) is 6.02. The summed E-state index contributed by atoms with van der Waals surface area (Å²) in [5.41, 5.74) is 2.71. The molecule has 0 aliphatic rings. The summed E-state index contributed by atoms with van der Waals surface area (Å²) in [6.45, 7) is 4.01. The average molecular weight is 130 g/mol. The summed E-state index contributed by atoms with van der Waals surface area (Å²) in [5.74, 6) is 0. The van der Waals surface area contributed by atoms with Crippen LogP contribution in [0.5, 0.6) is 0 Å². The lowest BCUT2D eigenvalue weighted by Gasteiger charge is -1.95. The highest BCUT2D eigenvalue weighted by Gasteiger charge is 1.87. The van der Waals surface area contributed by atoms with Crippen molar-refractivity contribution in [1.82, 2.24) is 5.59 Å². The summed E-state index contributed by atoms with van der Waals surface area (Å²) in [6.07, 6.45) is 3.26. The SMILES string of the molecule is CCCCC(C)=NNO. The van der Waals surface area contributed by atoms with Gasteiger partial charge in [-0.25, -0.2) is 0 Å². The number of unbranched alkanes of at least 4 members (excludes halogenated alkanes) is 1. The van der Waals surface area contributed by atoms with Gasteiger partial charge in [0.05, 0.1) is 0 Å². The zero-order valence-electron chi connectivity index (χ0n) is 6.02. The van der Waals surface area contributed by atoms with E-state index in [1.807, 2.05) is 6.92 Å². The summed E-state index contributed by atoms with van der Waals surface area (Å²) in [4.78, 5) is 0. The maximum absolute atomic E-state index is 8.10. The van der Waals surface area contributed by atoms with Crippen LogP contribution in [0.25, 0.3) is 0 Å². The Hall–Kier alpha value is -0.570. The van der Waals surface area contributed by atoms with E-state index in [1.54, 1.807) is 5.59 Å². The van der Waals surface area contributed by atoms with Crippen LogP contribution in [0.3, 0.4) is 0 Å². The molecule has 0 bridgehead atoms. The maximum Gasteiger partial charge on any atom is 0.0372 e. The summed E-state index contributed by atoms with van der Waals surface area (Å²) >= 11 is 0. The number of nitrogens with one attached hydrogen (secondary N) is 1. The molecule has 0 rings (SSSR count). The van der Waals surface area contributed by atoms with Gasteiger partial charge in [0.2, 0.25) is 0 Å². The molecule has 0 saturated carbocycles. The van der Waals surface area contributed by atoms with Crippen LogP contribution in [0, 0.1) is 0 Å². The van der Waals surface area contributed by atoms with Gasteiger partial charge >= 0.3 is 0 Å². The van der Waals surface area contributed by atoms with E-state index in [9.17, 15) is 0 Å². The molecule has 0 fully saturated rings. The van der Waals surface area contributed by atoms with Gasteiger partial charge < -0.3 is 0 Å². The molecule has 3 heteroatoms. The van der Waals surface area contributed by atoms with Gasteiger partial charge in [0.25, 0.3) is 0 Å². The quantitative estimate of drug-likeness (QED) is 0.447. The second-order valence-electron chi connectivity index (χ2n) is 2.05. The van der Waals surface area contributed by atoms with Crippen LogP contribution in [-0.4, -0.2) is 10.9 Å². The van der Waals surface area contributed by atoms with Crippen LogP contribution in [0.1, 0.15) is 33.1 Å². The number of hydrogen-bond donors (Lipinski definition) is 2. The molecule has 0 amide bonds. The Labute approximate surface area is 55.7 Å². The van der Waals surface area contributed by atoms with Gasteiger partial charge in [-0.1, -0.05) is 13.3 Å². The Bertz CT molecular complexity index is 91.1. The van der Waals surface area contributed by atoms with Crippen LogP contribution < -0.4 is 5.59 Å². The van der Waals surface area contributed by atoms with E-state index >= 15 is 0 Å². The van der Waals surface area contributed by atoms with Crippen molar-refractivity contribution in [3.05, 3.63) is 0 Å². The normalized spacial score (nSPS) is 11.7. The second kappa shape index (κ2) is 5.56. The number of nitrogens with zero attached hydrogens (tertiary/aromatic N) is 1. The predicted molar refractivity (Wildman–Crippen MR) is 37.6 cm³/mol. The van der Waals surface area contributed by atoms with Crippen molar-refractivity contribution < 1.29 is 5.21 Å². The fraction of sp³-hybridized carbons (Fsp3) is 0.833. The van der Waals surface area contributed by atoms with Crippen LogP contribution in [0.2, 0.25) is 0 Å². The van der Waals surface area contributed by atoms with Crippen LogP contribution >= 0.6 is 0 Å². The van der Waals surface area contributed by atoms with Gasteiger partial charge in [0, 0.05) is 5.71 Å². The third-order valence-electron chi connectivity index (χ3n) is 1.13. The van der Waals surface area contributed by atoms with Gasteiger partial charge in [-0.3, -0.25) is 5.21 Å². The summed E-state index contributed by atoms with van der Waals surface area (Å²) in [7, 11) is 0. The van der Waals surface area contributed by atoms with E-state index in [0.29, 0.717) is 0 Å². The molecule has 3 nitrogen and oxygen atoms in total. The lowest BCUT2D eigenvalue weighted by atomic mass is 10.2. The van der Waals surface area contributed by atoms with E-state index in [4.69, 9.17) is 5.21 Å². The first-order valence-corrected chi connectivity index (χ1v) is 3.23. The first kappa shape index (κ1) is 8.43. The first-order valence-electron chi connectivity index (χ1n) is 3.23. The summed E-state index contributed by atoms with van der Waals surface area (Å²) in [5, 5.41) is 11.7. The molecule has 0 atom stereocenters. The third kappa shape index (κ3) is 5.30. The van der Waals surface area contributed by atoms with E-state index in [1.165, 1.54) is 0 Å². The van der Waals surface area contributed by atoms with Crippen molar-refractivity contribution in [3.63, 3.8) is 0 Å². The Kier molecular flexibility index (Phi) is 5.21. The minimum absolute atomic E-state index is 0.944. The monoisotopic (exact) mass is 130 g/mol. The number of hydrogen-bond acceptors (Lipinski definition) is 3. The highest BCUT2D eigenvalue weighted by Crippen LogP contribution is 1.94. The molecule has 0 unspecified atom stereocenters. The first-order chi connectivity index (χ1) is 4.31. The molecule has 2 N–H and O–H groups in total. The molecule has 9 heavy (non-hydrogen) atoms. The standard InChI is InChI=1S/C6H14N2O/c1-3-4-5-6(2)7-8-9/h8-9H,3-5H2,1-2H3. The van der Waals surface area contributed by atoms with Gasteiger partial charge in [-0.05, 0) is 19.8 Å². The van der Waals surface area contributed by atoms with Crippen molar-refractivity contribution in [2.24, 2.45) is 5.10 Å². The highest BCUT2D eigenvalue weighted by molar-refractivity contribution is 5.81. The van der Waals surface area contributed by atoms with Crippen molar-refractivity contribution in [1.29, 1.82) is 0 Å². The molecule has 0 aliphatic carbocycles. The zero-order chi connectivity index (χ0) is 7.11. The van der Waals surface area contributed by atoms with Crippen molar-refractivity contribution in [3.8, 4) is 0 Å². The molecule has 0 heterocycles. The van der Waals surface area contributed by atoms with E-state index in [2.05, 4.69) is 12.0 Å². The van der Waals surface area contributed by atoms with Gasteiger partial charge in [0.1, 0.15) is 0 Å². The van der Waals surface area contributed by atoms with E-state index < -0.39 is 0 Å². The molecule has 0 aliphatic heterocycles. The van der Waals surface area contributed by atoms with Gasteiger partial charge in [0.15, 0.2) is 0 Å². The molecule has 0 aromatic heterocycles. The molecule has 0 radical (unpaired) electrons. The van der Waals surface area contributed by atoms with Crippen molar-refractivity contribution in [2.45, 2.75) is 33.1 Å². The lowest BCUT2D eigenvalue weighted by Crippen LogP contribution is -2.01. The Morgan fingerprint density at radius 3 is 2.78 bits per heavy atom. The Morgan fingerprint density at radius 1 is 1.67 bits per heavy atom. The van der Waals surface area contributed by atoms with Crippen LogP contribution in [0.15, 0.2) is 5.10 Å². The van der Waals surface area contributed by atoms with E-state index in [0.717, 1.165) is 25.0 Å². The predicted octanol–water partition coefficient (Wildman–Crippen LogP) is 1.53. The lowest BCUT2D eigenvalue weighted by molar-refractivity contribution is 0.171. The smallest absolute Gasteiger partial charge is 0.0372 e. The minimum Gasteiger partial charge on any atom is -0.274 e. The fourth-order valence-corrected chi connectivity index (χ4v) is 0.574.